The molecule has 0 amide bonds. The third-order valence-electron chi connectivity index (χ3n) is 1.33. The summed E-state index contributed by atoms with van der Waals surface area (Å²) in [6, 6.07) is 0. The fourth-order valence-electron chi connectivity index (χ4n) is 0.650. The first-order valence-electron chi connectivity index (χ1n) is 3.70. The maximum Gasteiger partial charge on any atom is 0.0974 e. The van der Waals surface area contributed by atoms with Crippen molar-refractivity contribution in [3.8, 4) is 0 Å². The van der Waals surface area contributed by atoms with Gasteiger partial charge in [-0.05, 0) is 0 Å². The van der Waals surface area contributed by atoms with E-state index in [9.17, 15) is 0 Å². The van der Waals surface area contributed by atoms with Gasteiger partial charge >= 0.3 is 0 Å². The van der Waals surface area contributed by atoms with Crippen molar-refractivity contribution >= 4 is 0 Å². The Hall–Kier alpha value is -0.200. The molecule has 0 aliphatic heterocycles. The topological polar surface area (TPSA) is 81.8 Å². The van der Waals surface area contributed by atoms with Crippen molar-refractivity contribution in [2.75, 3.05) is 39.6 Å². The van der Waals surface area contributed by atoms with Gasteiger partial charge in [0.2, 0.25) is 0 Å². The Balaban J connectivity index is 3.07. The van der Waals surface area contributed by atoms with Crippen LogP contribution in [0.2, 0.25) is 0 Å². The van der Waals surface area contributed by atoms with Gasteiger partial charge in [-0.15, -0.1) is 0 Å². The summed E-state index contributed by atoms with van der Waals surface area (Å²) in [7, 11) is 0. The van der Waals surface area contributed by atoms with E-state index in [0.717, 1.165) is 13.1 Å². The quantitative estimate of drug-likeness (QED) is 0.251. The molecule has 0 aromatic carbocycles. The van der Waals surface area contributed by atoms with Crippen LogP contribution in [-0.2, 0) is 0 Å². The zero-order chi connectivity index (χ0) is 8.53. The lowest BCUT2D eigenvalue weighted by atomic mass is 10.5. The molecule has 68 valence electrons. The average molecular weight is 163 g/mol. The molecule has 0 saturated carbocycles. The molecule has 0 rings (SSSR count). The lowest BCUT2D eigenvalue weighted by molar-refractivity contribution is 0.0306. The van der Waals surface area contributed by atoms with Gasteiger partial charge in [0.25, 0.3) is 0 Å². The molecule has 0 saturated heterocycles. The van der Waals surface area contributed by atoms with Gasteiger partial charge < -0.3 is 21.3 Å². The van der Waals surface area contributed by atoms with Crippen LogP contribution in [0.25, 0.3) is 0 Å². The van der Waals surface area contributed by atoms with Crippen molar-refractivity contribution in [2.45, 2.75) is 0 Å². The van der Waals surface area contributed by atoms with E-state index in [1.165, 1.54) is 4.90 Å². The summed E-state index contributed by atoms with van der Waals surface area (Å²) in [4.78, 5) is 1.50. The van der Waals surface area contributed by atoms with Crippen LogP contribution in [-0.4, -0.2) is 54.8 Å². The predicted octanol–water partition coefficient (Wildman–Crippen LogP) is -2.26. The molecule has 0 spiro atoms. The van der Waals surface area contributed by atoms with Crippen molar-refractivity contribution in [1.29, 1.82) is 0 Å². The number of hydrogen-bond donors (Lipinski definition) is 4. The van der Waals surface area contributed by atoms with Crippen molar-refractivity contribution in [3.63, 3.8) is 0 Å². The number of hydrogen-bond acceptors (Lipinski definition) is 5. The minimum absolute atomic E-state index is 0.110. The summed E-state index contributed by atoms with van der Waals surface area (Å²) >= 11 is 0. The summed E-state index contributed by atoms with van der Waals surface area (Å²) in [5.74, 6) is 0. The second-order valence-corrected chi connectivity index (χ2v) is 2.22. The number of aliphatic hydroxyl groups excluding tert-OH is 2. The van der Waals surface area contributed by atoms with Crippen LogP contribution < -0.4 is 11.1 Å². The highest BCUT2D eigenvalue weighted by atomic mass is 16.3. The molecule has 5 heteroatoms. The van der Waals surface area contributed by atoms with E-state index in [1.54, 1.807) is 0 Å². The number of nitrogens with zero attached hydrogens (tertiary/aromatic N) is 1. The SMILES string of the molecule is NCCNCCN(CO)CO. The molecule has 0 radical (unpaired) electrons. The predicted molar refractivity (Wildman–Crippen MR) is 42.8 cm³/mol. The molecule has 5 N–H and O–H groups in total. The van der Waals surface area contributed by atoms with Crippen molar-refractivity contribution in [3.05, 3.63) is 0 Å². The largest absolute Gasteiger partial charge is 0.381 e. The zero-order valence-corrected chi connectivity index (χ0v) is 6.66. The van der Waals surface area contributed by atoms with Crippen LogP contribution in [0, 0.1) is 0 Å². The van der Waals surface area contributed by atoms with Gasteiger partial charge in [-0.3, -0.25) is 4.90 Å². The average Bonchev–Trinajstić information content (AvgIpc) is 2.05. The highest BCUT2D eigenvalue weighted by molar-refractivity contribution is 4.51. The van der Waals surface area contributed by atoms with Gasteiger partial charge in [-0.1, -0.05) is 0 Å². The Morgan fingerprint density at radius 3 is 2.27 bits per heavy atom. The van der Waals surface area contributed by atoms with Crippen molar-refractivity contribution < 1.29 is 10.2 Å². The molecule has 0 heterocycles. The summed E-state index contributed by atoms with van der Waals surface area (Å²) in [6.45, 7) is 2.52. The van der Waals surface area contributed by atoms with Crippen molar-refractivity contribution in [2.24, 2.45) is 5.73 Å². The second-order valence-electron chi connectivity index (χ2n) is 2.22. The maximum absolute atomic E-state index is 8.60. The normalized spacial score (nSPS) is 10.9. The highest BCUT2D eigenvalue weighted by Crippen LogP contribution is 1.79. The van der Waals surface area contributed by atoms with E-state index >= 15 is 0 Å². The Morgan fingerprint density at radius 1 is 1.18 bits per heavy atom. The van der Waals surface area contributed by atoms with Crippen LogP contribution in [0.4, 0.5) is 0 Å². The van der Waals surface area contributed by atoms with Gasteiger partial charge in [0.05, 0.1) is 13.5 Å². The van der Waals surface area contributed by atoms with E-state index in [0.29, 0.717) is 13.1 Å². The number of aliphatic hydroxyl groups is 2. The smallest absolute Gasteiger partial charge is 0.0974 e. The summed E-state index contributed by atoms with van der Waals surface area (Å²) in [5.41, 5.74) is 5.24. The van der Waals surface area contributed by atoms with Gasteiger partial charge in [0.1, 0.15) is 0 Å². The van der Waals surface area contributed by atoms with Gasteiger partial charge in [0, 0.05) is 26.2 Å². The summed E-state index contributed by atoms with van der Waals surface area (Å²) in [5, 5.41) is 20.2. The van der Waals surface area contributed by atoms with E-state index in [2.05, 4.69) is 5.32 Å². The molecule has 0 unspecified atom stereocenters. The Bertz CT molecular complexity index is 78.2. The molecule has 0 fully saturated rings. The van der Waals surface area contributed by atoms with Crippen molar-refractivity contribution in [1.82, 2.24) is 10.2 Å². The van der Waals surface area contributed by atoms with Crippen LogP contribution in [0.3, 0.4) is 0 Å². The van der Waals surface area contributed by atoms with Gasteiger partial charge in [-0.25, -0.2) is 0 Å². The molecule has 0 atom stereocenters. The van der Waals surface area contributed by atoms with Crippen LogP contribution in [0.15, 0.2) is 0 Å². The van der Waals surface area contributed by atoms with E-state index in [1.807, 2.05) is 0 Å². The van der Waals surface area contributed by atoms with E-state index < -0.39 is 0 Å². The minimum atomic E-state index is -0.110. The molecule has 0 aliphatic carbocycles. The summed E-state index contributed by atoms with van der Waals surface area (Å²) < 4.78 is 0. The monoisotopic (exact) mass is 163 g/mol. The van der Waals surface area contributed by atoms with Crippen LogP contribution >= 0.6 is 0 Å². The molecule has 0 bridgehead atoms. The molecule has 0 aromatic rings. The fourth-order valence-corrected chi connectivity index (χ4v) is 0.650. The first-order valence-corrected chi connectivity index (χ1v) is 3.70. The third-order valence-corrected chi connectivity index (χ3v) is 1.33. The number of nitrogens with two attached hydrogens (primary N) is 1. The second kappa shape index (κ2) is 7.90. The van der Waals surface area contributed by atoms with E-state index in [-0.39, 0.29) is 13.5 Å². The molecule has 0 aromatic heterocycles. The molecule has 5 nitrogen and oxygen atoms in total. The fraction of sp³-hybridized carbons (Fsp3) is 1.00. The van der Waals surface area contributed by atoms with Gasteiger partial charge in [0.15, 0.2) is 0 Å². The Kier molecular flexibility index (Phi) is 7.76. The highest BCUT2D eigenvalue weighted by Gasteiger charge is 1.97. The minimum Gasteiger partial charge on any atom is -0.381 e. The Labute approximate surface area is 66.8 Å². The number of rotatable bonds is 7. The first kappa shape index (κ1) is 10.8. The lowest BCUT2D eigenvalue weighted by Crippen LogP contribution is -2.35. The van der Waals surface area contributed by atoms with Crippen LogP contribution in [0.1, 0.15) is 0 Å². The summed E-state index contributed by atoms with van der Waals surface area (Å²) in [6.07, 6.45) is 0. The van der Waals surface area contributed by atoms with E-state index in [4.69, 9.17) is 15.9 Å². The van der Waals surface area contributed by atoms with Crippen LogP contribution in [0.5, 0.6) is 0 Å². The third kappa shape index (κ3) is 6.21. The molecule has 11 heavy (non-hydrogen) atoms. The Morgan fingerprint density at radius 2 is 1.82 bits per heavy atom. The first-order chi connectivity index (χ1) is 5.35. The molecule has 0 aliphatic rings. The molecular weight excluding hydrogens is 146 g/mol. The van der Waals surface area contributed by atoms with Gasteiger partial charge in [-0.2, -0.15) is 0 Å². The zero-order valence-electron chi connectivity index (χ0n) is 6.66. The molecular formula is C6H17N3O2. The number of nitrogens with one attached hydrogen (secondary N) is 1. The lowest BCUT2D eigenvalue weighted by Gasteiger charge is -2.15. The standard InChI is InChI=1S/C6H17N3O2/c7-1-2-8-3-4-9(5-10)6-11/h8,10-11H,1-7H2. The maximum atomic E-state index is 8.60.